The molecule has 1 fully saturated rings. The number of hydrogen-bond acceptors (Lipinski definition) is 1. The molecule has 3 heteroatoms. The van der Waals surface area contributed by atoms with Gasteiger partial charge in [0.05, 0.1) is 6.10 Å². The van der Waals surface area contributed by atoms with E-state index in [-0.39, 0.29) is 24.7 Å². The molecular weight excluding hydrogens is 150 g/mol. The summed E-state index contributed by atoms with van der Waals surface area (Å²) in [7, 11) is 0. The van der Waals surface area contributed by atoms with Crippen LogP contribution in [0.3, 0.4) is 0 Å². The average Bonchev–Trinajstić information content (AvgIpc) is 1.80. The van der Waals surface area contributed by atoms with Crippen molar-refractivity contribution in [3.05, 3.63) is 0 Å². The first-order valence-corrected chi connectivity index (χ1v) is 3.98. The van der Waals surface area contributed by atoms with Crippen LogP contribution < -0.4 is 0 Å². The fraction of sp³-hybridized carbons (Fsp3) is 1.00. The summed E-state index contributed by atoms with van der Waals surface area (Å²) in [6, 6.07) is 0. The van der Waals surface area contributed by atoms with Crippen LogP contribution in [0.25, 0.3) is 0 Å². The summed E-state index contributed by atoms with van der Waals surface area (Å²) in [6.45, 7) is 3.70. The Morgan fingerprint density at radius 1 is 1.36 bits per heavy atom. The zero-order valence-corrected chi connectivity index (χ0v) is 6.85. The minimum Gasteiger partial charge on any atom is -0.393 e. The lowest BCUT2D eigenvalue weighted by atomic mass is 9.74. The number of hydrogen-bond donors (Lipinski definition) is 1. The van der Waals surface area contributed by atoms with Gasteiger partial charge in [-0.15, -0.1) is 0 Å². The Labute approximate surface area is 65.4 Å². The third kappa shape index (κ3) is 1.89. The van der Waals surface area contributed by atoms with E-state index in [1.807, 2.05) is 13.8 Å². The summed E-state index contributed by atoms with van der Waals surface area (Å²) in [5.74, 6) is -2.58. The van der Waals surface area contributed by atoms with Crippen LogP contribution in [0.5, 0.6) is 0 Å². The van der Waals surface area contributed by atoms with Crippen molar-refractivity contribution in [1.82, 2.24) is 0 Å². The highest BCUT2D eigenvalue weighted by molar-refractivity contribution is 4.90. The molecule has 0 spiro atoms. The SMILES string of the molecule is CC(C)C(O)C1CC(F)(F)C1. The van der Waals surface area contributed by atoms with E-state index < -0.39 is 12.0 Å². The van der Waals surface area contributed by atoms with E-state index >= 15 is 0 Å². The van der Waals surface area contributed by atoms with Crippen molar-refractivity contribution in [1.29, 1.82) is 0 Å². The summed E-state index contributed by atoms with van der Waals surface area (Å²) < 4.78 is 24.6. The number of rotatable bonds is 2. The molecule has 66 valence electrons. The first-order valence-electron chi connectivity index (χ1n) is 3.98. The van der Waals surface area contributed by atoms with Gasteiger partial charge < -0.3 is 5.11 Å². The Balaban J connectivity index is 2.32. The van der Waals surface area contributed by atoms with Gasteiger partial charge in [0, 0.05) is 12.8 Å². The third-order valence-corrected chi connectivity index (χ3v) is 2.29. The molecule has 1 unspecified atom stereocenters. The lowest BCUT2D eigenvalue weighted by Gasteiger charge is -2.39. The number of halogens is 2. The van der Waals surface area contributed by atoms with Crippen LogP contribution in [0.4, 0.5) is 8.78 Å². The second-order valence-corrected chi connectivity index (χ2v) is 3.76. The van der Waals surface area contributed by atoms with E-state index in [9.17, 15) is 13.9 Å². The van der Waals surface area contributed by atoms with Crippen molar-refractivity contribution in [2.24, 2.45) is 11.8 Å². The zero-order valence-electron chi connectivity index (χ0n) is 6.85. The average molecular weight is 164 g/mol. The molecule has 1 aliphatic rings. The molecule has 0 saturated heterocycles. The highest BCUT2D eigenvalue weighted by atomic mass is 19.3. The highest BCUT2D eigenvalue weighted by Crippen LogP contribution is 2.45. The van der Waals surface area contributed by atoms with Crippen LogP contribution in [0.15, 0.2) is 0 Å². The summed E-state index contributed by atoms with van der Waals surface area (Å²) in [5.41, 5.74) is 0. The lowest BCUT2D eigenvalue weighted by Crippen LogP contribution is -2.43. The largest absolute Gasteiger partial charge is 0.393 e. The Kier molecular flexibility index (Phi) is 2.19. The normalized spacial score (nSPS) is 26.7. The maximum atomic E-state index is 12.3. The summed E-state index contributed by atoms with van der Waals surface area (Å²) in [4.78, 5) is 0. The summed E-state index contributed by atoms with van der Waals surface area (Å²) >= 11 is 0. The summed E-state index contributed by atoms with van der Waals surface area (Å²) in [5, 5.41) is 9.35. The molecule has 0 aromatic rings. The second kappa shape index (κ2) is 2.70. The molecule has 1 atom stereocenters. The standard InChI is InChI=1S/C8H14F2O/c1-5(2)7(11)6-3-8(9,10)4-6/h5-7,11H,3-4H2,1-2H3. The van der Waals surface area contributed by atoms with Crippen LogP contribution in [0.2, 0.25) is 0 Å². The molecule has 1 aliphatic carbocycles. The molecule has 1 rings (SSSR count). The van der Waals surface area contributed by atoms with Gasteiger partial charge in [0.2, 0.25) is 5.92 Å². The number of aliphatic hydroxyl groups excluding tert-OH is 1. The zero-order chi connectivity index (χ0) is 8.65. The molecule has 1 nitrogen and oxygen atoms in total. The molecule has 0 aromatic carbocycles. The van der Waals surface area contributed by atoms with Gasteiger partial charge in [0.1, 0.15) is 0 Å². The predicted octanol–water partition coefficient (Wildman–Crippen LogP) is 2.05. The van der Waals surface area contributed by atoms with Crippen molar-refractivity contribution < 1.29 is 13.9 Å². The fourth-order valence-corrected chi connectivity index (χ4v) is 1.49. The molecule has 1 N–H and O–H groups in total. The Bertz CT molecular complexity index is 137. The Hall–Kier alpha value is -0.180. The van der Waals surface area contributed by atoms with Crippen molar-refractivity contribution >= 4 is 0 Å². The van der Waals surface area contributed by atoms with Gasteiger partial charge in [0.25, 0.3) is 0 Å². The van der Waals surface area contributed by atoms with Crippen LogP contribution >= 0.6 is 0 Å². The van der Waals surface area contributed by atoms with Crippen molar-refractivity contribution in [3.8, 4) is 0 Å². The molecule has 11 heavy (non-hydrogen) atoms. The topological polar surface area (TPSA) is 20.2 Å². The quantitative estimate of drug-likeness (QED) is 0.662. The first-order chi connectivity index (χ1) is 4.92. The van der Waals surface area contributed by atoms with Gasteiger partial charge >= 0.3 is 0 Å². The van der Waals surface area contributed by atoms with E-state index in [0.29, 0.717) is 0 Å². The maximum Gasteiger partial charge on any atom is 0.248 e. The smallest absolute Gasteiger partial charge is 0.248 e. The van der Waals surface area contributed by atoms with E-state index in [1.54, 1.807) is 0 Å². The molecule has 0 bridgehead atoms. The minimum atomic E-state index is -2.50. The van der Waals surface area contributed by atoms with Crippen LogP contribution in [-0.4, -0.2) is 17.1 Å². The predicted molar refractivity (Wildman–Crippen MR) is 38.5 cm³/mol. The Morgan fingerprint density at radius 3 is 2.09 bits per heavy atom. The molecule has 0 amide bonds. The van der Waals surface area contributed by atoms with Crippen LogP contribution in [-0.2, 0) is 0 Å². The minimum absolute atomic E-state index is 0.0936. The maximum absolute atomic E-state index is 12.3. The van der Waals surface area contributed by atoms with E-state index in [2.05, 4.69) is 0 Å². The molecule has 0 aliphatic heterocycles. The highest BCUT2D eigenvalue weighted by Gasteiger charge is 2.48. The molecule has 0 heterocycles. The van der Waals surface area contributed by atoms with Crippen molar-refractivity contribution in [3.63, 3.8) is 0 Å². The molecule has 0 radical (unpaired) electrons. The van der Waals surface area contributed by atoms with Gasteiger partial charge in [-0.25, -0.2) is 8.78 Å². The van der Waals surface area contributed by atoms with Gasteiger partial charge in [-0.05, 0) is 11.8 Å². The fourth-order valence-electron chi connectivity index (χ4n) is 1.49. The third-order valence-electron chi connectivity index (χ3n) is 2.29. The van der Waals surface area contributed by atoms with Crippen LogP contribution in [0, 0.1) is 11.8 Å². The van der Waals surface area contributed by atoms with Gasteiger partial charge in [-0.1, -0.05) is 13.8 Å². The van der Waals surface area contributed by atoms with Crippen LogP contribution in [0.1, 0.15) is 26.7 Å². The van der Waals surface area contributed by atoms with Crippen molar-refractivity contribution in [2.45, 2.75) is 38.7 Å². The number of alkyl halides is 2. The van der Waals surface area contributed by atoms with E-state index in [0.717, 1.165) is 0 Å². The first kappa shape index (κ1) is 8.91. The Morgan fingerprint density at radius 2 is 1.82 bits per heavy atom. The van der Waals surface area contributed by atoms with E-state index in [4.69, 9.17) is 0 Å². The van der Waals surface area contributed by atoms with Gasteiger partial charge in [-0.3, -0.25) is 0 Å². The van der Waals surface area contributed by atoms with Gasteiger partial charge in [-0.2, -0.15) is 0 Å². The summed E-state index contributed by atoms with van der Waals surface area (Å²) in [6.07, 6.45) is -0.812. The van der Waals surface area contributed by atoms with Crippen molar-refractivity contribution in [2.75, 3.05) is 0 Å². The van der Waals surface area contributed by atoms with Gasteiger partial charge in [0.15, 0.2) is 0 Å². The van der Waals surface area contributed by atoms with E-state index in [1.165, 1.54) is 0 Å². The lowest BCUT2D eigenvalue weighted by molar-refractivity contribution is -0.148. The number of aliphatic hydroxyl groups is 1. The molecule has 0 aromatic heterocycles. The molecular formula is C8H14F2O. The second-order valence-electron chi connectivity index (χ2n) is 3.76. The monoisotopic (exact) mass is 164 g/mol. The molecule has 1 saturated carbocycles.